The Kier molecular flexibility index (Phi) is 6.13. The van der Waals surface area contributed by atoms with Crippen LogP contribution in [0, 0.1) is 11.3 Å². The molecule has 5 nitrogen and oxygen atoms in total. The SMILES string of the molecule is CCN(CC)C(C#N)c1ccc(OC)c(OC)c1OC. The largest absolute Gasteiger partial charge is 0.493 e. The summed E-state index contributed by atoms with van der Waals surface area (Å²) in [5.74, 6) is 1.65. The molecular weight excluding hydrogens is 256 g/mol. The second-order valence-electron chi connectivity index (χ2n) is 4.18. The lowest BCUT2D eigenvalue weighted by Gasteiger charge is -2.26. The molecule has 110 valence electrons. The maximum Gasteiger partial charge on any atom is 0.203 e. The highest BCUT2D eigenvalue weighted by molar-refractivity contribution is 5.57. The number of hydrogen-bond acceptors (Lipinski definition) is 5. The summed E-state index contributed by atoms with van der Waals surface area (Å²) < 4.78 is 16.1. The molecule has 1 aromatic rings. The Labute approximate surface area is 120 Å². The van der Waals surface area contributed by atoms with E-state index in [1.807, 2.05) is 19.9 Å². The molecule has 20 heavy (non-hydrogen) atoms. The van der Waals surface area contributed by atoms with E-state index in [1.54, 1.807) is 27.4 Å². The lowest BCUT2D eigenvalue weighted by atomic mass is 10.0. The van der Waals surface area contributed by atoms with Crippen LogP contribution in [0.3, 0.4) is 0 Å². The zero-order chi connectivity index (χ0) is 15.1. The van der Waals surface area contributed by atoms with E-state index in [0.29, 0.717) is 17.2 Å². The number of methoxy groups -OCH3 is 3. The zero-order valence-corrected chi connectivity index (χ0v) is 12.8. The van der Waals surface area contributed by atoms with E-state index in [4.69, 9.17) is 14.2 Å². The summed E-state index contributed by atoms with van der Waals surface area (Å²) in [7, 11) is 4.70. The summed E-state index contributed by atoms with van der Waals surface area (Å²) in [5, 5.41) is 9.50. The lowest BCUT2D eigenvalue weighted by Crippen LogP contribution is -2.27. The van der Waals surface area contributed by atoms with Gasteiger partial charge in [-0.15, -0.1) is 0 Å². The smallest absolute Gasteiger partial charge is 0.203 e. The Morgan fingerprint density at radius 1 is 1.05 bits per heavy atom. The van der Waals surface area contributed by atoms with Crippen LogP contribution in [0.2, 0.25) is 0 Å². The third-order valence-electron chi connectivity index (χ3n) is 3.33. The number of benzene rings is 1. The molecule has 0 heterocycles. The molecular formula is C15H22N2O3. The van der Waals surface area contributed by atoms with Crippen molar-refractivity contribution in [3.8, 4) is 23.3 Å². The first-order valence-electron chi connectivity index (χ1n) is 6.60. The van der Waals surface area contributed by atoms with Crippen LogP contribution in [0.15, 0.2) is 12.1 Å². The second kappa shape index (κ2) is 7.61. The summed E-state index contributed by atoms with van der Waals surface area (Å²) in [6.07, 6.45) is 0. The Bertz CT molecular complexity index is 479. The van der Waals surface area contributed by atoms with Crippen LogP contribution in [-0.2, 0) is 0 Å². The lowest BCUT2D eigenvalue weighted by molar-refractivity contribution is 0.253. The molecule has 0 fully saturated rings. The Balaban J connectivity index is 3.40. The van der Waals surface area contributed by atoms with E-state index >= 15 is 0 Å². The molecule has 0 radical (unpaired) electrons. The van der Waals surface area contributed by atoms with E-state index in [1.165, 1.54) is 0 Å². The first-order chi connectivity index (χ1) is 9.68. The van der Waals surface area contributed by atoms with Crippen molar-refractivity contribution in [3.63, 3.8) is 0 Å². The highest BCUT2D eigenvalue weighted by Crippen LogP contribution is 2.43. The standard InChI is InChI=1S/C15H22N2O3/c1-6-17(7-2)12(10-16)11-8-9-13(18-3)15(20-5)14(11)19-4/h8-9,12H,6-7H2,1-5H3. The third kappa shape index (κ3) is 2.97. The van der Waals surface area contributed by atoms with Crippen LogP contribution in [0.4, 0.5) is 0 Å². The fourth-order valence-electron chi connectivity index (χ4n) is 2.28. The predicted molar refractivity (Wildman–Crippen MR) is 77.4 cm³/mol. The van der Waals surface area contributed by atoms with Gasteiger partial charge in [-0.25, -0.2) is 0 Å². The van der Waals surface area contributed by atoms with Gasteiger partial charge in [0, 0.05) is 5.56 Å². The summed E-state index contributed by atoms with van der Waals surface area (Å²) >= 11 is 0. The van der Waals surface area contributed by atoms with Crippen molar-refractivity contribution in [2.75, 3.05) is 34.4 Å². The van der Waals surface area contributed by atoms with E-state index in [-0.39, 0.29) is 6.04 Å². The van der Waals surface area contributed by atoms with Gasteiger partial charge in [-0.05, 0) is 25.2 Å². The molecule has 1 aromatic carbocycles. The quantitative estimate of drug-likeness (QED) is 0.767. The zero-order valence-electron chi connectivity index (χ0n) is 12.8. The van der Waals surface area contributed by atoms with Crippen LogP contribution in [0.25, 0.3) is 0 Å². The number of hydrogen-bond donors (Lipinski definition) is 0. The van der Waals surface area contributed by atoms with Crippen molar-refractivity contribution in [2.45, 2.75) is 19.9 Å². The Hall–Kier alpha value is -1.93. The molecule has 0 saturated heterocycles. The number of ether oxygens (including phenoxy) is 3. The minimum atomic E-state index is -0.375. The van der Waals surface area contributed by atoms with Gasteiger partial charge in [0.1, 0.15) is 6.04 Å². The number of nitriles is 1. The topological polar surface area (TPSA) is 54.7 Å². The molecule has 0 aliphatic rings. The van der Waals surface area contributed by atoms with Crippen LogP contribution < -0.4 is 14.2 Å². The molecule has 0 aliphatic heterocycles. The van der Waals surface area contributed by atoms with E-state index in [9.17, 15) is 5.26 Å². The van der Waals surface area contributed by atoms with Crippen molar-refractivity contribution in [2.24, 2.45) is 0 Å². The fraction of sp³-hybridized carbons (Fsp3) is 0.533. The second-order valence-corrected chi connectivity index (χ2v) is 4.18. The average Bonchev–Trinajstić information content (AvgIpc) is 2.50. The summed E-state index contributed by atoms with van der Waals surface area (Å²) in [5.41, 5.74) is 0.788. The van der Waals surface area contributed by atoms with Crippen LogP contribution in [0.5, 0.6) is 17.2 Å². The number of nitrogens with zero attached hydrogens (tertiary/aromatic N) is 2. The molecule has 0 amide bonds. The van der Waals surface area contributed by atoms with Gasteiger partial charge in [-0.1, -0.05) is 13.8 Å². The van der Waals surface area contributed by atoms with Gasteiger partial charge in [0.15, 0.2) is 11.5 Å². The van der Waals surface area contributed by atoms with Gasteiger partial charge >= 0.3 is 0 Å². The summed E-state index contributed by atoms with van der Waals surface area (Å²) in [6, 6.07) is 5.61. The van der Waals surface area contributed by atoms with E-state index in [0.717, 1.165) is 18.7 Å². The molecule has 0 aromatic heterocycles. The van der Waals surface area contributed by atoms with Crippen molar-refractivity contribution in [1.29, 1.82) is 5.26 Å². The Morgan fingerprint density at radius 2 is 1.65 bits per heavy atom. The molecule has 0 aliphatic carbocycles. The van der Waals surface area contributed by atoms with Crippen LogP contribution in [-0.4, -0.2) is 39.3 Å². The molecule has 0 saturated carbocycles. The monoisotopic (exact) mass is 278 g/mol. The van der Waals surface area contributed by atoms with Gasteiger partial charge in [0.2, 0.25) is 5.75 Å². The first-order valence-corrected chi connectivity index (χ1v) is 6.60. The molecule has 0 bridgehead atoms. The minimum absolute atomic E-state index is 0.375. The normalized spacial score (nSPS) is 11.8. The molecule has 5 heteroatoms. The average molecular weight is 278 g/mol. The van der Waals surface area contributed by atoms with Crippen molar-refractivity contribution >= 4 is 0 Å². The fourth-order valence-corrected chi connectivity index (χ4v) is 2.28. The van der Waals surface area contributed by atoms with Crippen molar-refractivity contribution in [3.05, 3.63) is 17.7 Å². The van der Waals surface area contributed by atoms with Gasteiger partial charge in [0.25, 0.3) is 0 Å². The molecule has 0 spiro atoms. The van der Waals surface area contributed by atoms with Crippen LogP contribution in [0.1, 0.15) is 25.5 Å². The van der Waals surface area contributed by atoms with Crippen molar-refractivity contribution < 1.29 is 14.2 Å². The predicted octanol–water partition coefficient (Wildman–Crippen LogP) is 2.62. The third-order valence-corrected chi connectivity index (χ3v) is 3.33. The molecule has 0 N–H and O–H groups in total. The van der Waals surface area contributed by atoms with Gasteiger partial charge in [0.05, 0.1) is 27.4 Å². The van der Waals surface area contributed by atoms with E-state index < -0.39 is 0 Å². The first kappa shape index (κ1) is 16.1. The van der Waals surface area contributed by atoms with Gasteiger partial charge < -0.3 is 14.2 Å². The highest BCUT2D eigenvalue weighted by Gasteiger charge is 2.25. The molecule has 1 rings (SSSR count). The maximum atomic E-state index is 9.50. The van der Waals surface area contributed by atoms with Crippen LogP contribution >= 0.6 is 0 Å². The van der Waals surface area contributed by atoms with E-state index in [2.05, 4.69) is 11.0 Å². The maximum absolute atomic E-state index is 9.50. The highest BCUT2D eigenvalue weighted by atomic mass is 16.5. The minimum Gasteiger partial charge on any atom is -0.493 e. The Morgan fingerprint density at radius 3 is 2.05 bits per heavy atom. The van der Waals surface area contributed by atoms with Gasteiger partial charge in [-0.3, -0.25) is 4.90 Å². The molecule has 1 atom stereocenters. The number of rotatable bonds is 7. The van der Waals surface area contributed by atoms with Crippen molar-refractivity contribution in [1.82, 2.24) is 4.90 Å². The summed E-state index contributed by atoms with van der Waals surface area (Å²) in [6.45, 7) is 5.63. The summed E-state index contributed by atoms with van der Waals surface area (Å²) in [4.78, 5) is 2.06. The van der Waals surface area contributed by atoms with Gasteiger partial charge in [-0.2, -0.15) is 5.26 Å². The molecule has 1 unspecified atom stereocenters.